The first-order chi connectivity index (χ1) is 12.9. The summed E-state index contributed by atoms with van der Waals surface area (Å²) in [6.07, 6.45) is 0. The molecule has 0 fully saturated rings. The fourth-order valence-corrected chi connectivity index (χ4v) is 3.43. The molecule has 27 heavy (non-hydrogen) atoms. The second kappa shape index (κ2) is 8.21. The molecule has 0 aliphatic rings. The minimum absolute atomic E-state index is 0.154. The summed E-state index contributed by atoms with van der Waals surface area (Å²) in [7, 11) is 1.54. The fraction of sp³-hybridized carbons (Fsp3) is 0.143. The van der Waals surface area contributed by atoms with Crippen LogP contribution in [0.15, 0.2) is 48.5 Å². The molecular formula is C21H17F3INO. The quantitative estimate of drug-likeness (QED) is 0.340. The van der Waals surface area contributed by atoms with Crippen LogP contribution in [-0.4, -0.2) is 7.11 Å². The molecular weight excluding hydrogens is 466 g/mol. The average Bonchev–Trinajstić information content (AvgIpc) is 2.64. The number of nitrogens with one attached hydrogen (secondary N) is 1. The van der Waals surface area contributed by atoms with E-state index in [0.29, 0.717) is 14.9 Å². The van der Waals surface area contributed by atoms with Crippen molar-refractivity contribution in [2.24, 2.45) is 0 Å². The molecule has 3 aromatic carbocycles. The highest BCUT2D eigenvalue weighted by molar-refractivity contribution is 14.1. The summed E-state index contributed by atoms with van der Waals surface area (Å²) in [5.74, 6) is -1.00. The van der Waals surface area contributed by atoms with Crippen molar-refractivity contribution in [3.05, 3.63) is 80.7 Å². The Morgan fingerprint density at radius 3 is 2.48 bits per heavy atom. The van der Waals surface area contributed by atoms with E-state index in [9.17, 15) is 13.2 Å². The van der Waals surface area contributed by atoms with Crippen LogP contribution < -0.4 is 10.1 Å². The second-order valence-electron chi connectivity index (χ2n) is 6.07. The fourth-order valence-electron chi connectivity index (χ4n) is 2.98. The molecule has 0 aliphatic heterocycles. The average molecular weight is 483 g/mol. The molecule has 0 heterocycles. The lowest BCUT2D eigenvalue weighted by Crippen LogP contribution is -2.07. The number of hydrogen-bond acceptors (Lipinski definition) is 2. The van der Waals surface area contributed by atoms with Crippen LogP contribution in [0.5, 0.6) is 5.75 Å². The van der Waals surface area contributed by atoms with Gasteiger partial charge in [0, 0.05) is 12.1 Å². The maximum absolute atomic E-state index is 14.2. The van der Waals surface area contributed by atoms with E-state index < -0.39 is 11.6 Å². The van der Waals surface area contributed by atoms with Gasteiger partial charge in [-0.3, -0.25) is 0 Å². The van der Waals surface area contributed by atoms with Crippen LogP contribution >= 0.6 is 22.6 Å². The molecule has 0 aliphatic carbocycles. The van der Waals surface area contributed by atoms with Crippen molar-refractivity contribution in [3.8, 4) is 16.9 Å². The minimum Gasteiger partial charge on any atom is -0.496 e. The Kier molecular flexibility index (Phi) is 5.94. The van der Waals surface area contributed by atoms with Gasteiger partial charge in [-0.25, -0.2) is 13.2 Å². The van der Waals surface area contributed by atoms with Crippen LogP contribution in [0.1, 0.15) is 11.1 Å². The summed E-state index contributed by atoms with van der Waals surface area (Å²) in [6.45, 7) is 2.03. The van der Waals surface area contributed by atoms with E-state index in [2.05, 4.69) is 5.32 Å². The molecule has 0 atom stereocenters. The van der Waals surface area contributed by atoms with E-state index in [-0.39, 0.29) is 18.0 Å². The van der Waals surface area contributed by atoms with Gasteiger partial charge in [0.1, 0.15) is 23.1 Å². The van der Waals surface area contributed by atoms with Crippen molar-refractivity contribution < 1.29 is 17.9 Å². The molecule has 0 bridgehead atoms. The van der Waals surface area contributed by atoms with Gasteiger partial charge in [0.15, 0.2) is 5.82 Å². The highest BCUT2D eigenvalue weighted by atomic mass is 127. The molecule has 3 rings (SSSR count). The number of ether oxygens (including phenoxy) is 1. The van der Waals surface area contributed by atoms with E-state index in [4.69, 9.17) is 4.74 Å². The summed E-state index contributed by atoms with van der Waals surface area (Å²) in [6, 6.07) is 12.6. The minimum atomic E-state index is -0.662. The third kappa shape index (κ3) is 4.21. The molecule has 0 amide bonds. The zero-order valence-corrected chi connectivity index (χ0v) is 16.9. The lowest BCUT2D eigenvalue weighted by Gasteiger charge is -2.16. The van der Waals surface area contributed by atoms with E-state index in [1.807, 2.05) is 41.6 Å². The molecule has 0 saturated carbocycles. The molecule has 1 N–H and O–H groups in total. The van der Waals surface area contributed by atoms with Gasteiger partial charge >= 0.3 is 0 Å². The van der Waals surface area contributed by atoms with Crippen molar-refractivity contribution in [3.63, 3.8) is 0 Å². The van der Waals surface area contributed by atoms with Crippen LogP contribution in [0, 0.1) is 27.9 Å². The molecule has 140 valence electrons. The smallest absolute Gasteiger partial charge is 0.162 e. The molecule has 0 radical (unpaired) electrons. The van der Waals surface area contributed by atoms with E-state index in [1.54, 1.807) is 19.2 Å². The number of hydrogen-bond donors (Lipinski definition) is 1. The zero-order valence-electron chi connectivity index (χ0n) is 14.7. The summed E-state index contributed by atoms with van der Waals surface area (Å²) in [4.78, 5) is 0. The standard InChI is InChI=1S/C21H17F3INO/c1-12-8-14(13-4-3-5-16(22)10-13)9-15(21(12)27-2)11-26-20-17(23)6-7-18(25)19(20)24/h3-10,26H,11H2,1-2H3. The summed E-state index contributed by atoms with van der Waals surface area (Å²) < 4.78 is 47.6. The number of aryl methyl sites for hydroxylation is 1. The number of benzene rings is 3. The molecule has 0 spiro atoms. The van der Waals surface area contributed by atoms with Gasteiger partial charge in [0.2, 0.25) is 0 Å². The Morgan fingerprint density at radius 1 is 1.00 bits per heavy atom. The number of rotatable bonds is 5. The highest BCUT2D eigenvalue weighted by Crippen LogP contribution is 2.32. The van der Waals surface area contributed by atoms with Gasteiger partial charge in [-0.15, -0.1) is 0 Å². The summed E-state index contributed by atoms with van der Waals surface area (Å²) in [5.41, 5.74) is 2.90. The lowest BCUT2D eigenvalue weighted by molar-refractivity contribution is 0.407. The second-order valence-corrected chi connectivity index (χ2v) is 7.23. The SMILES string of the molecule is COc1c(C)cc(-c2cccc(F)c2)cc1CNc1c(F)ccc(I)c1F. The van der Waals surface area contributed by atoms with Gasteiger partial charge in [-0.2, -0.15) is 0 Å². The predicted octanol–water partition coefficient (Wildman–Crippen LogP) is 6.30. The maximum atomic E-state index is 14.2. The highest BCUT2D eigenvalue weighted by Gasteiger charge is 2.15. The number of halogens is 4. The molecule has 2 nitrogen and oxygen atoms in total. The van der Waals surface area contributed by atoms with Crippen LogP contribution in [0.25, 0.3) is 11.1 Å². The van der Waals surface area contributed by atoms with Gasteiger partial charge in [-0.1, -0.05) is 12.1 Å². The van der Waals surface area contributed by atoms with E-state index in [0.717, 1.165) is 16.7 Å². The molecule has 0 unspecified atom stereocenters. The Labute approximate surface area is 169 Å². The third-order valence-electron chi connectivity index (χ3n) is 4.21. The summed E-state index contributed by atoms with van der Waals surface area (Å²) in [5, 5.41) is 2.82. The first-order valence-electron chi connectivity index (χ1n) is 8.21. The Morgan fingerprint density at radius 2 is 1.78 bits per heavy atom. The van der Waals surface area contributed by atoms with Crippen molar-refractivity contribution in [1.82, 2.24) is 0 Å². The Bertz CT molecular complexity index is 991. The van der Waals surface area contributed by atoms with Crippen molar-refractivity contribution in [1.29, 1.82) is 0 Å². The van der Waals surface area contributed by atoms with Gasteiger partial charge < -0.3 is 10.1 Å². The first-order valence-corrected chi connectivity index (χ1v) is 9.29. The van der Waals surface area contributed by atoms with Crippen LogP contribution in [-0.2, 0) is 6.54 Å². The van der Waals surface area contributed by atoms with Crippen LogP contribution in [0.2, 0.25) is 0 Å². The van der Waals surface area contributed by atoms with Crippen LogP contribution in [0.4, 0.5) is 18.9 Å². The lowest BCUT2D eigenvalue weighted by atomic mass is 9.99. The molecule has 3 aromatic rings. The van der Waals surface area contributed by atoms with Crippen molar-refractivity contribution in [2.75, 3.05) is 12.4 Å². The first kappa shape index (κ1) is 19.5. The van der Waals surface area contributed by atoms with Crippen molar-refractivity contribution in [2.45, 2.75) is 13.5 Å². The maximum Gasteiger partial charge on any atom is 0.162 e. The Hall–Kier alpha value is -2.22. The summed E-state index contributed by atoms with van der Waals surface area (Å²) >= 11 is 1.81. The van der Waals surface area contributed by atoms with E-state index >= 15 is 0 Å². The van der Waals surface area contributed by atoms with Gasteiger partial charge in [0.05, 0.1) is 10.7 Å². The zero-order chi connectivity index (χ0) is 19.6. The van der Waals surface area contributed by atoms with E-state index in [1.165, 1.54) is 24.3 Å². The van der Waals surface area contributed by atoms with Crippen molar-refractivity contribution >= 4 is 28.3 Å². The Balaban J connectivity index is 1.98. The topological polar surface area (TPSA) is 21.3 Å². The molecule has 0 saturated heterocycles. The normalized spacial score (nSPS) is 10.7. The molecule has 0 aromatic heterocycles. The largest absolute Gasteiger partial charge is 0.496 e. The number of anilines is 1. The predicted molar refractivity (Wildman–Crippen MR) is 110 cm³/mol. The van der Waals surface area contributed by atoms with Gasteiger partial charge in [-0.05, 0) is 82.6 Å². The molecule has 6 heteroatoms. The monoisotopic (exact) mass is 483 g/mol. The van der Waals surface area contributed by atoms with Crippen LogP contribution in [0.3, 0.4) is 0 Å². The third-order valence-corrected chi connectivity index (χ3v) is 5.05. The number of methoxy groups -OCH3 is 1. The van der Waals surface area contributed by atoms with Gasteiger partial charge in [0.25, 0.3) is 0 Å².